The molecule has 2 bridgehead atoms. The van der Waals surface area contributed by atoms with Gasteiger partial charge in [0.2, 0.25) is 0 Å². The molecule has 0 saturated heterocycles. The van der Waals surface area contributed by atoms with Gasteiger partial charge >= 0.3 is 0 Å². The third kappa shape index (κ3) is 2.32. The number of pyridine rings is 1. The quantitative estimate of drug-likeness (QED) is 0.372. The zero-order chi connectivity index (χ0) is 21.4. The minimum atomic E-state index is 0.103. The Labute approximate surface area is 183 Å². The van der Waals surface area contributed by atoms with Crippen LogP contribution < -0.4 is 0 Å². The molecule has 6 rings (SSSR count). The Morgan fingerprint density at radius 2 is 1.45 bits per heavy atom. The Balaban J connectivity index is 1.45. The number of hydrogen-bond acceptors (Lipinski definition) is 3. The summed E-state index contributed by atoms with van der Waals surface area (Å²) < 4.78 is 0. The van der Waals surface area contributed by atoms with Crippen molar-refractivity contribution in [2.45, 2.75) is 51.4 Å². The summed E-state index contributed by atoms with van der Waals surface area (Å²) in [5.74, 6) is 0.814. The summed E-state index contributed by atoms with van der Waals surface area (Å²) in [6.07, 6.45) is 6.46. The van der Waals surface area contributed by atoms with Crippen molar-refractivity contribution in [2.75, 3.05) is 0 Å². The SMILES string of the molecule is CC12CCC(C)(c3nc(-c4cccc(-c5cc6ccccc6cn5)c4)ncc31)C2(C)C. The van der Waals surface area contributed by atoms with Crippen molar-refractivity contribution in [3.05, 3.63) is 78.2 Å². The Morgan fingerprint density at radius 3 is 2.29 bits per heavy atom. The fourth-order valence-corrected chi connectivity index (χ4v) is 6.02. The van der Waals surface area contributed by atoms with E-state index in [4.69, 9.17) is 15.0 Å². The van der Waals surface area contributed by atoms with E-state index in [0.717, 1.165) is 28.0 Å². The maximum absolute atomic E-state index is 5.17. The van der Waals surface area contributed by atoms with E-state index in [1.807, 2.05) is 12.3 Å². The average Bonchev–Trinajstić information content (AvgIpc) is 3.06. The summed E-state index contributed by atoms with van der Waals surface area (Å²) in [7, 11) is 0. The molecule has 2 aliphatic carbocycles. The number of rotatable bonds is 2. The third-order valence-electron chi connectivity index (χ3n) is 8.84. The molecule has 0 amide bonds. The van der Waals surface area contributed by atoms with Gasteiger partial charge in [-0.25, -0.2) is 9.97 Å². The van der Waals surface area contributed by atoms with Crippen molar-refractivity contribution in [1.29, 1.82) is 0 Å². The lowest BCUT2D eigenvalue weighted by molar-refractivity contribution is 0.170. The van der Waals surface area contributed by atoms with Crippen LogP contribution in [0.25, 0.3) is 33.4 Å². The lowest BCUT2D eigenvalue weighted by Gasteiger charge is -2.38. The minimum Gasteiger partial charge on any atom is -0.256 e. The predicted molar refractivity (Wildman–Crippen MR) is 126 cm³/mol. The molecule has 2 unspecified atom stereocenters. The zero-order valence-electron chi connectivity index (χ0n) is 18.6. The first kappa shape index (κ1) is 18.7. The van der Waals surface area contributed by atoms with Crippen LogP contribution in [0.3, 0.4) is 0 Å². The van der Waals surface area contributed by atoms with Gasteiger partial charge in [0.15, 0.2) is 5.82 Å². The van der Waals surface area contributed by atoms with Gasteiger partial charge in [-0.15, -0.1) is 0 Å². The first-order valence-electron chi connectivity index (χ1n) is 11.2. The van der Waals surface area contributed by atoms with Gasteiger partial charge in [0, 0.05) is 39.7 Å². The lowest BCUT2D eigenvalue weighted by Crippen LogP contribution is -2.37. The molecule has 2 aromatic carbocycles. The van der Waals surface area contributed by atoms with Gasteiger partial charge in [0.25, 0.3) is 0 Å². The minimum absolute atomic E-state index is 0.103. The van der Waals surface area contributed by atoms with Crippen molar-refractivity contribution in [1.82, 2.24) is 15.0 Å². The predicted octanol–water partition coefficient (Wildman–Crippen LogP) is 6.71. The summed E-state index contributed by atoms with van der Waals surface area (Å²) in [5, 5.41) is 2.36. The molecule has 154 valence electrons. The maximum Gasteiger partial charge on any atom is 0.159 e. The van der Waals surface area contributed by atoms with E-state index < -0.39 is 0 Å². The summed E-state index contributed by atoms with van der Waals surface area (Å²) in [6.45, 7) is 9.62. The van der Waals surface area contributed by atoms with E-state index in [0.29, 0.717) is 0 Å². The monoisotopic (exact) mass is 405 g/mol. The van der Waals surface area contributed by atoms with E-state index in [2.05, 4.69) is 82.4 Å². The fourth-order valence-electron chi connectivity index (χ4n) is 6.02. The molecule has 2 heterocycles. The first-order valence-corrected chi connectivity index (χ1v) is 11.2. The van der Waals surface area contributed by atoms with Crippen molar-refractivity contribution in [2.24, 2.45) is 5.41 Å². The van der Waals surface area contributed by atoms with E-state index in [1.165, 1.54) is 29.5 Å². The van der Waals surface area contributed by atoms with Crippen LogP contribution in [0.1, 0.15) is 51.8 Å². The van der Waals surface area contributed by atoms with Crippen LogP contribution >= 0.6 is 0 Å². The standard InChI is InChI=1S/C28H27N3/c1-26(2)27(3)12-13-28(26,4)24-22(27)17-30-25(31-24)20-11-7-10-19(14-20)23-15-18-8-5-6-9-21(18)16-29-23/h5-11,14-17H,12-13H2,1-4H3. The van der Waals surface area contributed by atoms with Crippen LogP contribution in [-0.2, 0) is 10.8 Å². The molecule has 1 fully saturated rings. The highest BCUT2D eigenvalue weighted by Crippen LogP contribution is 2.70. The van der Waals surface area contributed by atoms with Gasteiger partial charge in [-0.2, -0.15) is 0 Å². The Hall–Kier alpha value is -3.07. The number of hydrogen-bond donors (Lipinski definition) is 0. The zero-order valence-corrected chi connectivity index (χ0v) is 18.6. The molecule has 2 aliphatic rings. The highest BCUT2D eigenvalue weighted by molar-refractivity contribution is 5.85. The number of aromatic nitrogens is 3. The molecule has 0 aliphatic heterocycles. The Morgan fingerprint density at radius 1 is 0.710 bits per heavy atom. The highest BCUT2D eigenvalue weighted by atomic mass is 14.9. The second-order valence-electron chi connectivity index (χ2n) is 10.2. The third-order valence-corrected chi connectivity index (χ3v) is 8.84. The van der Waals surface area contributed by atoms with Gasteiger partial charge in [0.1, 0.15) is 0 Å². The number of nitrogens with zero attached hydrogens (tertiary/aromatic N) is 3. The van der Waals surface area contributed by atoms with Crippen LogP contribution in [0.4, 0.5) is 0 Å². The first-order chi connectivity index (χ1) is 14.8. The van der Waals surface area contributed by atoms with Crippen molar-refractivity contribution in [3.63, 3.8) is 0 Å². The van der Waals surface area contributed by atoms with E-state index in [1.54, 1.807) is 0 Å². The van der Waals surface area contributed by atoms with Crippen molar-refractivity contribution < 1.29 is 0 Å². The summed E-state index contributed by atoms with van der Waals surface area (Å²) in [4.78, 5) is 14.7. The molecule has 0 N–H and O–H groups in total. The van der Waals surface area contributed by atoms with Crippen LogP contribution in [-0.4, -0.2) is 15.0 Å². The molecule has 0 radical (unpaired) electrons. The molecule has 3 heteroatoms. The molecule has 3 nitrogen and oxygen atoms in total. The van der Waals surface area contributed by atoms with Gasteiger partial charge < -0.3 is 0 Å². The van der Waals surface area contributed by atoms with Crippen LogP contribution in [0.5, 0.6) is 0 Å². The molecule has 2 aromatic heterocycles. The molecule has 4 aromatic rings. The topological polar surface area (TPSA) is 38.7 Å². The largest absolute Gasteiger partial charge is 0.256 e. The molecule has 0 spiro atoms. The van der Waals surface area contributed by atoms with Gasteiger partial charge in [-0.3, -0.25) is 4.98 Å². The van der Waals surface area contributed by atoms with Gasteiger partial charge in [-0.05, 0) is 41.3 Å². The number of benzene rings is 2. The summed E-state index contributed by atoms with van der Waals surface area (Å²) >= 11 is 0. The number of fused-ring (bicyclic) bond motifs is 6. The molecular weight excluding hydrogens is 378 g/mol. The normalized spacial score (nSPS) is 25.7. The van der Waals surface area contributed by atoms with Gasteiger partial charge in [-0.1, -0.05) is 70.2 Å². The van der Waals surface area contributed by atoms with Crippen LogP contribution in [0.15, 0.2) is 67.0 Å². The highest BCUT2D eigenvalue weighted by Gasteiger charge is 2.66. The van der Waals surface area contributed by atoms with Crippen molar-refractivity contribution in [3.8, 4) is 22.6 Å². The Bertz CT molecular complexity index is 1360. The second kappa shape index (κ2) is 6.00. The van der Waals surface area contributed by atoms with E-state index in [-0.39, 0.29) is 16.2 Å². The smallest absolute Gasteiger partial charge is 0.159 e. The summed E-state index contributed by atoms with van der Waals surface area (Å²) in [6, 6.07) is 19.0. The second-order valence-corrected chi connectivity index (χ2v) is 10.2. The maximum atomic E-state index is 5.17. The molecule has 2 atom stereocenters. The van der Waals surface area contributed by atoms with Crippen LogP contribution in [0, 0.1) is 5.41 Å². The van der Waals surface area contributed by atoms with E-state index in [9.17, 15) is 0 Å². The fraction of sp³-hybridized carbons (Fsp3) is 0.321. The van der Waals surface area contributed by atoms with Crippen molar-refractivity contribution >= 4 is 10.8 Å². The van der Waals surface area contributed by atoms with Gasteiger partial charge in [0.05, 0.1) is 11.4 Å². The van der Waals surface area contributed by atoms with E-state index >= 15 is 0 Å². The molecule has 1 saturated carbocycles. The lowest BCUT2D eigenvalue weighted by atomic mass is 9.64. The molecule has 31 heavy (non-hydrogen) atoms. The van der Waals surface area contributed by atoms with Crippen LogP contribution in [0.2, 0.25) is 0 Å². The summed E-state index contributed by atoms with van der Waals surface area (Å²) in [5.41, 5.74) is 6.16. The molecular formula is C28H27N3. The average molecular weight is 406 g/mol. The Kier molecular flexibility index (Phi) is 3.62.